The number of aromatic nitrogens is 1. The van der Waals surface area contributed by atoms with Gasteiger partial charge in [-0.25, -0.2) is 0 Å². The monoisotopic (exact) mass is 248 g/mol. The summed E-state index contributed by atoms with van der Waals surface area (Å²) in [6.07, 6.45) is 3.57. The summed E-state index contributed by atoms with van der Waals surface area (Å²) in [5, 5.41) is 0.555. The normalized spacial score (nSPS) is 10.2. The van der Waals surface area contributed by atoms with Gasteiger partial charge in [0.15, 0.2) is 0 Å². The molecule has 0 aliphatic carbocycles. The molecule has 0 aliphatic heterocycles. The number of nitrogens with two attached hydrogens (primary N) is 1. The predicted molar refractivity (Wildman–Crippen MR) is 69.2 cm³/mol. The molecule has 0 spiro atoms. The van der Waals surface area contributed by atoms with Gasteiger partial charge < -0.3 is 10.5 Å². The van der Waals surface area contributed by atoms with E-state index in [1.54, 1.807) is 30.6 Å². The molecule has 0 radical (unpaired) electrons. The number of halogens is 1. The maximum absolute atomic E-state index is 6.00. The molecule has 0 atom stereocenters. The summed E-state index contributed by atoms with van der Waals surface area (Å²) < 4.78 is 5.61. The lowest BCUT2D eigenvalue weighted by atomic mass is 10.2. The van der Waals surface area contributed by atoms with Crippen LogP contribution in [-0.2, 0) is 6.61 Å². The molecule has 0 saturated heterocycles. The lowest BCUT2D eigenvalue weighted by Crippen LogP contribution is -1.98. The number of rotatable bonds is 3. The Morgan fingerprint density at radius 3 is 2.88 bits per heavy atom. The van der Waals surface area contributed by atoms with Crippen LogP contribution < -0.4 is 10.5 Å². The average Bonchev–Trinajstić information content (AvgIpc) is 2.30. The largest absolute Gasteiger partial charge is 0.487 e. The van der Waals surface area contributed by atoms with Crippen molar-refractivity contribution in [3.8, 4) is 5.75 Å². The molecule has 0 amide bonds. The van der Waals surface area contributed by atoms with E-state index in [0.717, 1.165) is 11.1 Å². The number of nitrogen functional groups attached to an aromatic ring is 1. The van der Waals surface area contributed by atoms with Gasteiger partial charge in [0, 0.05) is 29.7 Å². The molecule has 0 aliphatic rings. The van der Waals surface area contributed by atoms with Gasteiger partial charge in [-0.2, -0.15) is 0 Å². The second-order valence-corrected chi connectivity index (χ2v) is 4.26. The molecule has 17 heavy (non-hydrogen) atoms. The van der Waals surface area contributed by atoms with Crippen molar-refractivity contribution in [2.24, 2.45) is 0 Å². The highest BCUT2D eigenvalue weighted by molar-refractivity contribution is 6.32. The SMILES string of the molecule is Cc1cncc(COc2cc(N)ccc2Cl)c1. The van der Waals surface area contributed by atoms with Crippen LogP contribution in [0.2, 0.25) is 5.02 Å². The Labute approximate surface area is 105 Å². The number of ether oxygens (including phenoxy) is 1. The molecule has 4 heteroatoms. The van der Waals surface area contributed by atoms with E-state index in [1.807, 2.05) is 13.0 Å². The highest BCUT2D eigenvalue weighted by Crippen LogP contribution is 2.27. The summed E-state index contributed by atoms with van der Waals surface area (Å²) in [4.78, 5) is 4.10. The molecule has 0 fully saturated rings. The van der Waals surface area contributed by atoms with E-state index in [-0.39, 0.29) is 0 Å². The zero-order valence-electron chi connectivity index (χ0n) is 9.48. The first-order valence-corrected chi connectivity index (χ1v) is 5.61. The van der Waals surface area contributed by atoms with Gasteiger partial charge in [-0.15, -0.1) is 0 Å². The second-order valence-electron chi connectivity index (χ2n) is 3.85. The summed E-state index contributed by atoms with van der Waals surface area (Å²) in [6, 6.07) is 7.20. The zero-order chi connectivity index (χ0) is 12.3. The van der Waals surface area contributed by atoms with Crippen molar-refractivity contribution in [2.45, 2.75) is 13.5 Å². The van der Waals surface area contributed by atoms with E-state index in [0.29, 0.717) is 23.1 Å². The molecule has 88 valence electrons. The minimum absolute atomic E-state index is 0.428. The van der Waals surface area contributed by atoms with E-state index < -0.39 is 0 Å². The summed E-state index contributed by atoms with van der Waals surface area (Å²) in [6.45, 7) is 2.42. The van der Waals surface area contributed by atoms with Crippen molar-refractivity contribution in [2.75, 3.05) is 5.73 Å². The Hall–Kier alpha value is -1.74. The fourth-order valence-electron chi connectivity index (χ4n) is 1.49. The molecule has 3 nitrogen and oxygen atoms in total. The van der Waals surface area contributed by atoms with Crippen LogP contribution in [0.1, 0.15) is 11.1 Å². The van der Waals surface area contributed by atoms with E-state index in [2.05, 4.69) is 4.98 Å². The van der Waals surface area contributed by atoms with Gasteiger partial charge in [-0.1, -0.05) is 11.6 Å². The van der Waals surface area contributed by atoms with Crippen molar-refractivity contribution in [3.05, 3.63) is 52.8 Å². The van der Waals surface area contributed by atoms with Crippen LogP contribution >= 0.6 is 11.6 Å². The number of hydrogen-bond donors (Lipinski definition) is 1. The van der Waals surface area contributed by atoms with E-state index in [4.69, 9.17) is 22.1 Å². The number of aryl methyl sites for hydroxylation is 1. The molecule has 1 heterocycles. The smallest absolute Gasteiger partial charge is 0.140 e. The van der Waals surface area contributed by atoms with Crippen molar-refractivity contribution >= 4 is 17.3 Å². The van der Waals surface area contributed by atoms with Gasteiger partial charge in [-0.3, -0.25) is 4.98 Å². The molecule has 2 N–H and O–H groups in total. The minimum Gasteiger partial charge on any atom is -0.487 e. The third-order valence-electron chi connectivity index (χ3n) is 2.28. The van der Waals surface area contributed by atoms with Crippen LogP contribution in [0, 0.1) is 6.92 Å². The lowest BCUT2D eigenvalue weighted by molar-refractivity contribution is 0.306. The van der Waals surface area contributed by atoms with Gasteiger partial charge in [0.25, 0.3) is 0 Å². The van der Waals surface area contributed by atoms with Crippen molar-refractivity contribution in [1.29, 1.82) is 0 Å². The first-order valence-electron chi connectivity index (χ1n) is 5.23. The first kappa shape index (κ1) is 11.7. The summed E-state index contributed by atoms with van der Waals surface area (Å²) in [5.41, 5.74) is 8.41. The Morgan fingerprint density at radius 2 is 2.12 bits per heavy atom. The lowest BCUT2D eigenvalue weighted by Gasteiger charge is -2.08. The molecule has 0 unspecified atom stereocenters. The summed E-state index contributed by atoms with van der Waals surface area (Å²) in [7, 11) is 0. The minimum atomic E-state index is 0.428. The highest BCUT2D eigenvalue weighted by Gasteiger charge is 2.02. The molecule has 2 rings (SSSR count). The number of hydrogen-bond acceptors (Lipinski definition) is 3. The molecular weight excluding hydrogens is 236 g/mol. The number of pyridine rings is 1. The van der Waals surface area contributed by atoms with Crippen LogP contribution in [-0.4, -0.2) is 4.98 Å². The molecular formula is C13H13ClN2O. The number of benzene rings is 1. The molecule has 0 saturated carbocycles. The van der Waals surface area contributed by atoms with Crippen LogP contribution in [0.3, 0.4) is 0 Å². The van der Waals surface area contributed by atoms with Crippen LogP contribution in [0.15, 0.2) is 36.7 Å². The van der Waals surface area contributed by atoms with E-state index in [1.165, 1.54) is 0 Å². The van der Waals surface area contributed by atoms with Gasteiger partial charge in [0.05, 0.1) is 5.02 Å². The van der Waals surface area contributed by atoms with E-state index in [9.17, 15) is 0 Å². The maximum atomic E-state index is 6.00. The third-order valence-corrected chi connectivity index (χ3v) is 2.59. The Morgan fingerprint density at radius 1 is 1.29 bits per heavy atom. The van der Waals surface area contributed by atoms with Crippen LogP contribution in [0.5, 0.6) is 5.75 Å². The highest BCUT2D eigenvalue weighted by atomic mass is 35.5. The molecule has 1 aromatic heterocycles. The fraction of sp³-hybridized carbons (Fsp3) is 0.154. The molecule has 2 aromatic rings. The number of anilines is 1. The summed E-state index contributed by atoms with van der Waals surface area (Å²) in [5.74, 6) is 0.591. The zero-order valence-corrected chi connectivity index (χ0v) is 10.2. The van der Waals surface area contributed by atoms with Crippen molar-refractivity contribution < 1.29 is 4.74 Å². The standard InChI is InChI=1S/C13H13ClN2O/c1-9-4-10(7-16-6-9)8-17-13-5-11(15)2-3-12(13)14/h2-7H,8,15H2,1H3. The Bertz CT molecular complexity index is 529. The van der Waals surface area contributed by atoms with Crippen molar-refractivity contribution in [1.82, 2.24) is 4.98 Å². The van der Waals surface area contributed by atoms with Gasteiger partial charge in [0.2, 0.25) is 0 Å². The Balaban J connectivity index is 2.09. The van der Waals surface area contributed by atoms with Crippen LogP contribution in [0.4, 0.5) is 5.69 Å². The Kier molecular flexibility index (Phi) is 3.49. The third kappa shape index (κ3) is 3.11. The number of nitrogens with zero attached hydrogens (tertiary/aromatic N) is 1. The van der Waals surface area contributed by atoms with Crippen LogP contribution in [0.25, 0.3) is 0 Å². The topological polar surface area (TPSA) is 48.1 Å². The summed E-state index contributed by atoms with van der Waals surface area (Å²) >= 11 is 6.00. The van der Waals surface area contributed by atoms with E-state index >= 15 is 0 Å². The average molecular weight is 249 g/mol. The second kappa shape index (κ2) is 5.06. The fourth-order valence-corrected chi connectivity index (χ4v) is 1.66. The predicted octanol–water partition coefficient (Wildman–Crippen LogP) is 3.20. The quantitative estimate of drug-likeness (QED) is 0.849. The molecule has 1 aromatic carbocycles. The van der Waals surface area contributed by atoms with Gasteiger partial charge >= 0.3 is 0 Å². The molecule has 0 bridgehead atoms. The van der Waals surface area contributed by atoms with Crippen molar-refractivity contribution in [3.63, 3.8) is 0 Å². The first-order chi connectivity index (χ1) is 8.15. The maximum Gasteiger partial charge on any atom is 0.140 e. The van der Waals surface area contributed by atoms with Gasteiger partial charge in [0.1, 0.15) is 12.4 Å². The van der Waals surface area contributed by atoms with Gasteiger partial charge in [-0.05, 0) is 30.7 Å².